The van der Waals surface area contributed by atoms with Gasteiger partial charge in [-0.2, -0.15) is 0 Å². The van der Waals surface area contributed by atoms with Crippen molar-refractivity contribution in [1.29, 1.82) is 0 Å². The molecule has 0 bridgehead atoms. The standard InChI is InChI=1S/C14H12ClN3O3/c1-21-11-6-5-9(8-10(11)15)17-13(19)14(20)18-12-4-2-3-7-16-12/h2-8H,1H3,(H,17,19)(H,16,18,20). The highest BCUT2D eigenvalue weighted by Gasteiger charge is 2.15. The van der Waals surface area contributed by atoms with Crippen LogP contribution in [-0.4, -0.2) is 23.9 Å². The summed E-state index contributed by atoms with van der Waals surface area (Å²) in [5.41, 5.74) is 0.391. The number of nitrogens with one attached hydrogen (secondary N) is 2. The van der Waals surface area contributed by atoms with Gasteiger partial charge in [0.15, 0.2) is 0 Å². The summed E-state index contributed by atoms with van der Waals surface area (Å²) in [6.07, 6.45) is 1.51. The second-order valence-electron chi connectivity index (χ2n) is 3.97. The average Bonchev–Trinajstić information content (AvgIpc) is 2.48. The molecule has 1 aromatic heterocycles. The molecule has 0 radical (unpaired) electrons. The van der Waals surface area contributed by atoms with Gasteiger partial charge in [0.2, 0.25) is 0 Å². The lowest BCUT2D eigenvalue weighted by atomic mass is 10.3. The molecule has 2 rings (SSSR count). The molecular weight excluding hydrogens is 294 g/mol. The largest absolute Gasteiger partial charge is 0.495 e. The molecule has 108 valence electrons. The third-order valence-electron chi connectivity index (χ3n) is 2.52. The Morgan fingerprint density at radius 3 is 2.52 bits per heavy atom. The van der Waals surface area contributed by atoms with Crippen LogP contribution in [0.25, 0.3) is 0 Å². The summed E-state index contributed by atoms with van der Waals surface area (Å²) in [6, 6.07) is 9.64. The van der Waals surface area contributed by atoms with Crippen LogP contribution in [-0.2, 0) is 9.59 Å². The fraction of sp³-hybridized carbons (Fsp3) is 0.0714. The summed E-state index contributed by atoms with van der Waals surface area (Å²) >= 11 is 5.94. The Balaban J connectivity index is 2.01. The minimum Gasteiger partial charge on any atom is -0.495 e. The van der Waals surface area contributed by atoms with E-state index in [1.165, 1.54) is 19.4 Å². The minimum atomic E-state index is -0.819. The molecule has 2 amide bonds. The summed E-state index contributed by atoms with van der Waals surface area (Å²) in [7, 11) is 1.49. The molecule has 2 N–H and O–H groups in total. The van der Waals surface area contributed by atoms with Crippen molar-refractivity contribution >= 4 is 34.9 Å². The number of nitrogens with zero attached hydrogens (tertiary/aromatic N) is 1. The maximum absolute atomic E-state index is 11.8. The molecular formula is C14H12ClN3O3. The normalized spacial score (nSPS) is 9.81. The first kappa shape index (κ1) is 14.8. The number of methoxy groups -OCH3 is 1. The summed E-state index contributed by atoms with van der Waals surface area (Å²) in [4.78, 5) is 27.4. The van der Waals surface area contributed by atoms with Crippen LogP contribution in [0.5, 0.6) is 5.75 Å². The summed E-state index contributed by atoms with van der Waals surface area (Å²) in [5.74, 6) is -0.861. The van der Waals surface area contributed by atoms with Crippen LogP contribution in [0.15, 0.2) is 42.6 Å². The highest BCUT2D eigenvalue weighted by Crippen LogP contribution is 2.27. The number of pyridine rings is 1. The topological polar surface area (TPSA) is 80.3 Å². The number of carbonyl (C=O) groups excluding carboxylic acids is 2. The first-order valence-electron chi connectivity index (χ1n) is 5.97. The molecule has 0 aliphatic heterocycles. The zero-order chi connectivity index (χ0) is 15.2. The van der Waals surface area contributed by atoms with Crippen LogP contribution in [0.3, 0.4) is 0 Å². The van der Waals surface area contributed by atoms with Crippen molar-refractivity contribution in [2.75, 3.05) is 17.7 Å². The Bertz CT molecular complexity index is 662. The van der Waals surface area contributed by atoms with E-state index in [2.05, 4.69) is 15.6 Å². The lowest BCUT2D eigenvalue weighted by Crippen LogP contribution is -2.29. The molecule has 0 spiro atoms. The van der Waals surface area contributed by atoms with Crippen LogP contribution in [0.4, 0.5) is 11.5 Å². The van der Waals surface area contributed by atoms with E-state index < -0.39 is 11.8 Å². The fourth-order valence-corrected chi connectivity index (χ4v) is 1.80. The number of hydrogen-bond donors (Lipinski definition) is 2. The van der Waals surface area contributed by atoms with E-state index >= 15 is 0 Å². The number of halogens is 1. The number of aromatic nitrogens is 1. The van der Waals surface area contributed by atoms with Crippen LogP contribution >= 0.6 is 11.6 Å². The zero-order valence-corrected chi connectivity index (χ0v) is 11.8. The molecule has 0 saturated heterocycles. The molecule has 6 nitrogen and oxygen atoms in total. The van der Waals surface area contributed by atoms with E-state index in [1.54, 1.807) is 30.3 Å². The number of rotatable bonds is 3. The van der Waals surface area contributed by atoms with Gasteiger partial charge >= 0.3 is 11.8 Å². The Labute approximate surface area is 126 Å². The van der Waals surface area contributed by atoms with Crippen molar-refractivity contribution in [1.82, 2.24) is 4.98 Å². The van der Waals surface area contributed by atoms with Crippen LogP contribution in [0, 0.1) is 0 Å². The van der Waals surface area contributed by atoms with E-state index in [-0.39, 0.29) is 0 Å². The van der Waals surface area contributed by atoms with Gasteiger partial charge in [-0.15, -0.1) is 0 Å². The maximum Gasteiger partial charge on any atom is 0.315 e. The summed E-state index contributed by atoms with van der Waals surface area (Å²) in [6.45, 7) is 0. The van der Waals surface area contributed by atoms with Crippen molar-refractivity contribution in [2.24, 2.45) is 0 Å². The second kappa shape index (κ2) is 6.71. The Morgan fingerprint density at radius 1 is 1.14 bits per heavy atom. The van der Waals surface area contributed by atoms with E-state index in [4.69, 9.17) is 16.3 Å². The molecule has 2 aromatic rings. The monoisotopic (exact) mass is 305 g/mol. The quantitative estimate of drug-likeness (QED) is 0.853. The number of hydrogen-bond acceptors (Lipinski definition) is 4. The van der Waals surface area contributed by atoms with Gasteiger partial charge in [0.05, 0.1) is 12.1 Å². The smallest absolute Gasteiger partial charge is 0.315 e. The lowest BCUT2D eigenvalue weighted by molar-refractivity contribution is -0.133. The van der Waals surface area contributed by atoms with Gasteiger partial charge in [-0.05, 0) is 30.3 Å². The molecule has 0 atom stereocenters. The SMILES string of the molecule is COc1ccc(NC(=O)C(=O)Nc2ccccn2)cc1Cl. The highest BCUT2D eigenvalue weighted by molar-refractivity contribution is 6.43. The molecule has 0 aliphatic rings. The van der Waals surface area contributed by atoms with Crippen molar-refractivity contribution in [3.05, 3.63) is 47.6 Å². The molecule has 1 aromatic carbocycles. The van der Waals surface area contributed by atoms with Crippen LogP contribution in [0.1, 0.15) is 0 Å². The Hall–Kier alpha value is -2.60. The van der Waals surface area contributed by atoms with Gasteiger partial charge in [-0.25, -0.2) is 4.98 Å². The van der Waals surface area contributed by atoms with E-state index in [1.807, 2.05) is 0 Å². The third kappa shape index (κ3) is 3.93. The summed E-state index contributed by atoms with van der Waals surface area (Å²) < 4.78 is 5.00. The van der Waals surface area contributed by atoms with Gasteiger partial charge in [0, 0.05) is 11.9 Å². The average molecular weight is 306 g/mol. The van der Waals surface area contributed by atoms with E-state index in [0.717, 1.165) is 0 Å². The Kier molecular flexibility index (Phi) is 4.73. The maximum atomic E-state index is 11.8. The van der Waals surface area contributed by atoms with Gasteiger partial charge in [-0.3, -0.25) is 9.59 Å². The van der Waals surface area contributed by atoms with Crippen LogP contribution in [0.2, 0.25) is 5.02 Å². The minimum absolute atomic E-state index is 0.297. The van der Waals surface area contributed by atoms with E-state index in [9.17, 15) is 9.59 Å². The molecule has 0 unspecified atom stereocenters. The van der Waals surface area contributed by atoms with Gasteiger partial charge < -0.3 is 15.4 Å². The number of amides is 2. The molecule has 1 heterocycles. The molecule has 7 heteroatoms. The van der Waals surface area contributed by atoms with Gasteiger partial charge in [-0.1, -0.05) is 17.7 Å². The Morgan fingerprint density at radius 2 is 1.90 bits per heavy atom. The second-order valence-corrected chi connectivity index (χ2v) is 4.38. The number of benzene rings is 1. The summed E-state index contributed by atoms with van der Waals surface area (Å²) in [5, 5.41) is 5.15. The number of ether oxygens (including phenoxy) is 1. The molecule has 0 fully saturated rings. The predicted molar refractivity (Wildman–Crippen MR) is 79.5 cm³/mol. The van der Waals surface area contributed by atoms with Crippen molar-refractivity contribution in [3.8, 4) is 5.75 Å². The lowest BCUT2D eigenvalue weighted by Gasteiger charge is -2.08. The predicted octanol–water partition coefficient (Wildman–Crippen LogP) is 2.32. The van der Waals surface area contributed by atoms with Crippen molar-refractivity contribution in [3.63, 3.8) is 0 Å². The third-order valence-corrected chi connectivity index (χ3v) is 2.82. The number of anilines is 2. The molecule has 0 aliphatic carbocycles. The number of carbonyl (C=O) groups is 2. The van der Waals surface area contributed by atoms with Gasteiger partial charge in [0.25, 0.3) is 0 Å². The highest BCUT2D eigenvalue weighted by atomic mass is 35.5. The zero-order valence-electron chi connectivity index (χ0n) is 11.1. The first-order chi connectivity index (χ1) is 10.1. The molecule has 21 heavy (non-hydrogen) atoms. The van der Waals surface area contributed by atoms with E-state index in [0.29, 0.717) is 22.3 Å². The first-order valence-corrected chi connectivity index (χ1v) is 6.35. The fourth-order valence-electron chi connectivity index (χ4n) is 1.54. The van der Waals surface area contributed by atoms with Crippen LogP contribution < -0.4 is 15.4 Å². The van der Waals surface area contributed by atoms with Crippen molar-refractivity contribution in [2.45, 2.75) is 0 Å². The molecule has 0 saturated carbocycles. The van der Waals surface area contributed by atoms with Gasteiger partial charge in [0.1, 0.15) is 11.6 Å². The van der Waals surface area contributed by atoms with Crippen molar-refractivity contribution < 1.29 is 14.3 Å².